The molecule has 0 aromatic rings. The van der Waals surface area contributed by atoms with Crippen LogP contribution in [0.25, 0.3) is 0 Å². The van der Waals surface area contributed by atoms with Gasteiger partial charge in [0.15, 0.2) is 0 Å². The molecule has 0 aromatic carbocycles. The Morgan fingerprint density at radius 3 is 2.31 bits per heavy atom. The van der Waals surface area contributed by atoms with Crippen molar-refractivity contribution < 1.29 is 4.74 Å². The van der Waals surface area contributed by atoms with Crippen LogP contribution in [0.4, 0.5) is 0 Å². The van der Waals surface area contributed by atoms with E-state index < -0.39 is 0 Å². The molecule has 2 heteroatoms. The predicted octanol–water partition coefficient (Wildman–Crippen LogP) is 3.11. The zero-order chi connectivity index (χ0) is 11.4. The van der Waals surface area contributed by atoms with E-state index in [4.69, 9.17) is 4.74 Å². The summed E-state index contributed by atoms with van der Waals surface area (Å²) < 4.78 is 5.74. The van der Waals surface area contributed by atoms with Gasteiger partial charge in [-0.2, -0.15) is 0 Å². The van der Waals surface area contributed by atoms with Crippen LogP contribution < -0.4 is 5.32 Å². The third kappa shape index (κ3) is 3.21. The number of nitrogens with one attached hydrogen (secondary N) is 1. The molecule has 0 radical (unpaired) electrons. The SMILES string of the molecule is CC(NC(C)C1CCCO1)C1CCCCC1. The molecular weight excluding hydrogens is 198 g/mol. The van der Waals surface area contributed by atoms with Gasteiger partial charge < -0.3 is 10.1 Å². The molecule has 2 rings (SSSR count). The lowest BCUT2D eigenvalue weighted by Crippen LogP contribution is -2.45. The molecule has 16 heavy (non-hydrogen) atoms. The first-order chi connectivity index (χ1) is 7.77. The molecule has 1 N–H and O–H groups in total. The predicted molar refractivity (Wildman–Crippen MR) is 67.6 cm³/mol. The van der Waals surface area contributed by atoms with E-state index in [1.807, 2.05) is 0 Å². The normalized spacial score (nSPS) is 31.5. The highest BCUT2D eigenvalue weighted by molar-refractivity contribution is 4.83. The molecule has 1 heterocycles. The number of rotatable bonds is 4. The molecule has 3 unspecified atom stereocenters. The van der Waals surface area contributed by atoms with Crippen molar-refractivity contribution in [1.29, 1.82) is 0 Å². The van der Waals surface area contributed by atoms with Crippen LogP contribution in [-0.4, -0.2) is 24.8 Å². The highest BCUT2D eigenvalue weighted by atomic mass is 16.5. The van der Waals surface area contributed by atoms with Crippen molar-refractivity contribution in [3.05, 3.63) is 0 Å². The van der Waals surface area contributed by atoms with Crippen LogP contribution in [0.15, 0.2) is 0 Å². The molecule has 2 fully saturated rings. The minimum atomic E-state index is 0.464. The molecule has 3 atom stereocenters. The standard InChI is InChI=1S/C14H27NO/c1-11(13-7-4-3-5-8-13)15-12(2)14-9-6-10-16-14/h11-15H,3-10H2,1-2H3. The molecule has 0 aromatic heterocycles. The summed E-state index contributed by atoms with van der Waals surface area (Å²) in [6.07, 6.45) is 10.1. The Morgan fingerprint density at radius 2 is 1.69 bits per heavy atom. The smallest absolute Gasteiger partial charge is 0.0726 e. The third-order valence-corrected chi connectivity index (χ3v) is 4.41. The average molecular weight is 225 g/mol. The van der Waals surface area contributed by atoms with Crippen LogP contribution in [0.1, 0.15) is 58.8 Å². The average Bonchev–Trinajstić information content (AvgIpc) is 2.83. The lowest BCUT2D eigenvalue weighted by Gasteiger charge is -2.32. The third-order valence-electron chi connectivity index (χ3n) is 4.41. The topological polar surface area (TPSA) is 21.3 Å². The highest BCUT2D eigenvalue weighted by Crippen LogP contribution is 2.27. The van der Waals surface area contributed by atoms with Gasteiger partial charge in [-0.3, -0.25) is 0 Å². The van der Waals surface area contributed by atoms with E-state index in [0.29, 0.717) is 18.2 Å². The van der Waals surface area contributed by atoms with Gasteiger partial charge in [0.05, 0.1) is 6.10 Å². The van der Waals surface area contributed by atoms with E-state index >= 15 is 0 Å². The van der Waals surface area contributed by atoms with Crippen molar-refractivity contribution in [3.8, 4) is 0 Å². The van der Waals surface area contributed by atoms with Crippen molar-refractivity contribution in [2.45, 2.75) is 77.0 Å². The fraction of sp³-hybridized carbons (Fsp3) is 1.00. The Labute approximate surface area is 100 Å². The van der Waals surface area contributed by atoms with E-state index in [0.717, 1.165) is 12.5 Å². The summed E-state index contributed by atoms with van der Waals surface area (Å²) in [5.41, 5.74) is 0. The molecule has 0 spiro atoms. The summed E-state index contributed by atoms with van der Waals surface area (Å²) in [5.74, 6) is 0.901. The van der Waals surface area contributed by atoms with Crippen LogP contribution in [0.2, 0.25) is 0 Å². The quantitative estimate of drug-likeness (QED) is 0.794. The Morgan fingerprint density at radius 1 is 0.938 bits per heavy atom. The maximum atomic E-state index is 5.74. The summed E-state index contributed by atoms with van der Waals surface area (Å²) in [4.78, 5) is 0. The van der Waals surface area contributed by atoms with Crippen molar-refractivity contribution in [3.63, 3.8) is 0 Å². The van der Waals surface area contributed by atoms with E-state index in [-0.39, 0.29) is 0 Å². The van der Waals surface area contributed by atoms with Gasteiger partial charge in [0.25, 0.3) is 0 Å². The molecule has 1 saturated heterocycles. The van der Waals surface area contributed by atoms with Gasteiger partial charge in [0.1, 0.15) is 0 Å². The molecule has 2 aliphatic rings. The van der Waals surface area contributed by atoms with Crippen LogP contribution in [0.5, 0.6) is 0 Å². The van der Waals surface area contributed by atoms with E-state index in [1.54, 1.807) is 0 Å². The van der Waals surface area contributed by atoms with Crippen LogP contribution in [-0.2, 0) is 4.74 Å². The Bertz CT molecular complexity index is 195. The van der Waals surface area contributed by atoms with Crippen molar-refractivity contribution in [1.82, 2.24) is 5.32 Å². The van der Waals surface area contributed by atoms with Crippen molar-refractivity contribution >= 4 is 0 Å². The van der Waals surface area contributed by atoms with Gasteiger partial charge >= 0.3 is 0 Å². The van der Waals surface area contributed by atoms with Gasteiger partial charge in [-0.1, -0.05) is 19.3 Å². The van der Waals surface area contributed by atoms with Gasteiger partial charge in [-0.15, -0.1) is 0 Å². The van der Waals surface area contributed by atoms with Gasteiger partial charge in [-0.25, -0.2) is 0 Å². The summed E-state index contributed by atoms with van der Waals surface area (Å²) in [5, 5.41) is 3.77. The van der Waals surface area contributed by atoms with Gasteiger partial charge in [-0.05, 0) is 45.4 Å². The van der Waals surface area contributed by atoms with E-state index in [9.17, 15) is 0 Å². The zero-order valence-electron chi connectivity index (χ0n) is 10.9. The van der Waals surface area contributed by atoms with Gasteiger partial charge in [0, 0.05) is 18.7 Å². The zero-order valence-corrected chi connectivity index (χ0v) is 10.9. The van der Waals surface area contributed by atoms with Crippen LogP contribution in [0, 0.1) is 5.92 Å². The second-order valence-corrected chi connectivity index (χ2v) is 5.69. The molecule has 1 aliphatic heterocycles. The summed E-state index contributed by atoms with van der Waals surface area (Å²) in [6.45, 7) is 5.62. The molecule has 2 nitrogen and oxygen atoms in total. The van der Waals surface area contributed by atoms with Crippen molar-refractivity contribution in [2.75, 3.05) is 6.61 Å². The Hall–Kier alpha value is -0.0800. The lowest BCUT2D eigenvalue weighted by molar-refractivity contribution is 0.0757. The van der Waals surface area contributed by atoms with E-state index in [1.165, 1.54) is 44.9 Å². The first-order valence-corrected chi connectivity index (χ1v) is 7.15. The summed E-state index contributed by atoms with van der Waals surface area (Å²) in [7, 11) is 0. The fourth-order valence-electron chi connectivity index (χ4n) is 3.29. The molecule has 1 aliphatic carbocycles. The molecule has 0 amide bonds. The Balaban J connectivity index is 1.74. The second kappa shape index (κ2) is 6.02. The Kier molecular flexibility index (Phi) is 4.66. The van der Waals surface area contributed by atoms with Crippen molar-refractivity contribution in [2.24, 2.45) is 5.92 Å². The van der Waals surface area contributed by atoms with E-state index in [2.05, 4.69) is 19.2 Å². The maximum Gasteiger partial charge on any atom is 0.0726 e. The summed E-state index contributed by atoms with van der Waals surface area (Å²) >= 11 is 0. The number of ether oxygens (including phenoxy) is 1. The molecule has 94 valence electrons. The number of hydrogen-bond acceptors (Lipinski definition) is 2. The maximum absolute atomic E-state index is 5.74. The fourth-order valence-corrected chi connectivity index (χ4v) is 3.29. The number of hydrogen-bond donors (Lipinski definition) is 1. The minimum Gasteiger partial charge on any atom is -0.377 e. The lowest BCUT2D eigenvalue weighted by atomic mass is 9.84. The first kappa shape index (κ1) is 12.4. The highest BCUT2D eigenvalue weighted by Gasteiger charge is 2.26. The largest absolute Gasteiger partial charge is 0.377 e. The van der Waals surface area contributed by atoms with Gasteiger partial charge in [0.2, 0.25) is 0 Å². The summed E-state index contributed by atoms with van der Waals surface area (Å²) in [6, 6.07) is 1.19. The first-order valence-electron chi connectivity index (χ1n) is 7.15. The van der Waals surface area contributed by atoms with Crippen LogP contribution >= 0.6 is 0 Å². The molecule has 0 bridgehead atoms. The van der Waals surface area contributed by atoms with Crippen LogP contribution in [0.3, 0.4) is 0 Å². The molecular formula is C14H27NO. The minimum absolute atomic E-state index is 0.464. The monoisotopic (exact) mass is 225 g/mol. The molecule has 1 saturated carbocycles. The second-order valence-electron chi connectivity index (χ2n) is 5.69.